The van der Waals surface area contributed by atoms with E-state index < -0.39 is 0 Å². The van der Waals surface area contributed by atoms with Crippen molar-refractivity contribution in [2.24, 2.45) is 17.6 Å². The van der Waals surface area contributed by atoms with E-state index in [-0.39, 0.29) is 5.91 Å². The zero-order valence-corrected chi connectivity index (χ0v) is 7.25. The quantitative estimate of drug-likeness (QED) is 0.544. The Kier molecular flexibility index (Phi) is 2.05. The van der Waals surface area contributed by atoms with Gasteiger partial charge in [-0.15, -0.1) is 0 Å². The fourth-order valence-corrected chi connectivity index (χ4v) is 2.44. The number of amides is 1. The molecule has 3 nitrogen and oxygen atoms in total. The van der Waals surface area contributed by atoms with Crippen molar-refractivity contribution in [1.82, 2.24) is 5.32 Å². The van der Waals surface area contributed by atoms with Gasteiger partial charge in [0.25, 0.3) is 0 Å². The normalized spacial score (nSPS) is 41.8. The smallest absolute Gasteiger partial charge is 0.220 e. The van der Waals surface area contributed by atoms with E-state index in [4.69, 9.17) is 5.73 Å². The maximum absolute atomic E-state index is 11.1. The summed E-state index contributed by atoms with van der Waals surface area (Å²) >= 11 is 0. The third-order valence-corrected chi connectivity index (χ3v) is 3.19. The molecule has 1 saturated heterocycles. The van der Waals surface area contributed by atoms with E-state index in [0.717, 1.165) is 19.4 Å². The molecule has 1 amide bonds. The molecule has 0 aromatic heterocycles. The number of carbonyl (C=O) groups excluding carboxylic acids is 1. The highest BCUT2D eigenvalue weighted by Gasteiger charge is 2.33. The Balaban J connectivity index is 1.99. The molecule has 2 aliphatic rings. The van der Waals surface area contributed by atoms with Crippen LogP contribution in [0.1, 0.15) is 25.7 Å². The molecule has 0 aromatic rings. The van der Waals surface area contributed by atoms with Crippen LogP contribution in [0.5, 0.6) is 0 Å². The van der Waals surface area contributed by atoms with Crippen LogP contribution in [0.4, 0.5) is 0 Å². The molecule has 2 rings (SSSR count). The van der Waals surface area contributed by atoms with Crippen LogP contribution in [0.15, 0.2) is 0 Å². The molecule has 3 heteroatoms. The monoisotopic (exact) mass is 168 g/mol. The van der Waals surface area contributed by atoms with Crippen molar-refractivity contribution in [3.8, 4) is 0 Å². The number of carbonyl (C=O) groups is 1. The van der Waals surface area contributed by atoms with Crippen LogP contribution in [-0.2, 0) is 4.79 Å². The van der Waals surface area contributed by atoms with Crippen molar-refractivity contribution in [2.75, 3.05) is 6.54 Å². The van der Waals surface area contributed by atoms with Crippen molar-refractivity contribution in [3.05, 3.63) is 0 Å². The lowest BCUT2D eigenvalue weighted by molar-refractivity contribution is -0.125. The molecule has 1 saturated carbocycles. The fraction of sp³-hybridized carbons (Fsp3) is 0.889. The molecule has 1 aliphatic carbocycles. The molecule has 0 spiro atoms. The second-order valence-corrected chi connectivity index (χ2v) is 4.10. The predicted molar refractivity (Wildman–Crippen MR) is 46.4 cm³/mol. The number of fused-ring (bicyclic) bond motifs is 1. The molecule has 2 fully saturated rings. The lowest BCUT2D eigenvalue weighted by atomic mass is 9.74. The first-order valence-corrected chi connectivity index (χ1v) is 4.78. The van der Waals surface area contributed by atoms with Gasteiger partial charge in [0.1, 0.15) is 0 Å². The molecule has 12 heavy (non-hydrogen) atoms. The zero-order chi connectivity index (χ0) is 8.55. The number of rotatable bonds is 0. The van der Waals surface area contributed by atoms with Crippen LogP contribution < -0.4 is 11.1 Å². The van der Waals surface area contributed by atoms with Gasteiger partial charge in [-0.3, -0.25) is 4.79 Å². The van der Waals surface area contributed by atoms with Crippen molar-refractivity contribution < 1.29 is 4.79 Å². The predicted octanol–water partition coefficient (Wildman–Crippen LogP) is 0.250. The van der Waals surface area contributed by atoms with Crippen LogP contribution in [0, 0.1) is 11.8 Å². The first kappa shape index (κ1) is 8.05. The van der Waals surface area contributed by atoms with Gasteiger partial charge in [0.15, 0.2) is 0 Å². The van der Waals surface area contributed by atoms with E-state index in [0.29, 0.717) is 24.3 Å². The fourth-order valence-electron chi connectivity index (χ4n) is 2.44. The maximum Gasteiger partial charge on any atom is 0.220 e. The van der Waals surface area contributed by atoms with Crippen LogP contribution in [0.2, 0.25) is 0 Å². The summed E-state index contributed by atoms with van der Waals surface area (Å²) in [6, 6.07) is 0.345. The summed E-state index contributed by atoms with van der Waals surface area (Å²) < 4.78 is 0. The largest absolute Gasteiger partial charge is 0.356 e. The minimum atomic E-state index is 0.213. The van der Waals surface area contributed by atoms with Gasteiger partial charge >= 0.3 is 0 Å². The Labute approximate surface area is 72.7 Å². The lowest BCUT2D eigenvalue weighted by Gasteiger charge is -2.37. The summed E-state index contributed by atoms with van der Waals surface area (Å²) in [5.74, 6) is 1.50. The van der Waals surface area contributed by atoms with Crippen molar-refractivity contribution in [3.63, 3.8) is 0 Å². The van der Waals surface area contributed by atoms with E-state index in [2.05, 4.69) is 5.32 Å². The average molecular weight is 168 g/mol. The molecule has 0 bridgehead atoms. The third kappa shape index (κ3) is 1.46. The van der Waals surface area contributed by atoms with Crippen molar-refractivity contribution in [1.29, 1.82) is 0 Å². The van der Waals surface area contributed by atoms with Gasteiger partial charge in [-0.2, -0.15) is 0 Å². The van der Waals surface area contributed by atoms with E-state index in [9.17, 15) is 4.79 Å². The van der Waals surface area contributed by atoms with Crippen LogP contribution >= 0.6 is 0 Å². The topological polar surface area (TPSA) is 55.1 Å². The molecular weight excluding hydrogens is 152 g/mol. The summed E-state index contributed by atoms with van der Waals surface area (Å²) in [4.78, 5) is 11.1. The molecular formula is C9H16N2O. The standard InChI is InChI=1S/C9H16N2O/c10-8-2-1-6-5-11-9(12)4-7(6)3-8/h6-8H,1-5,10H2,(H,11,12). The summed E-state index contributed by atoms with van der Waals surface area (Å²) in [5, 5.41) is 2.92. The van der Waals surface area contributed by atoms with Gasteiger partial charge < -0.3 is 11.1 Å². The highest BCUT2D eigenvalue weighted by atomic mass is 16.1. The van der Waals surface area contributed by atoms with Crippen molar-refractivity contribution in [2.45, 2.75) is 31.7 Å². The molecule has 3 N–H and O–H groups in total. The zero-order valence-electron chi connectivity index (χ0n) is 7.25. The van der Waals surface area contributed by atoms with E-state index >= 15 is 0 Å². The maximum atomic E-state index is 11.1. The van der Waals surface area contributed by atoms with Gasteiger partial charge in [-0.1, -0.05) is 0 Å². The van der Waals surface area contributed by atoms with Crippen LogP contribution in [0.25, 0.3) is 0 Å². The highest BCUT2D eigenvalue weighted by Crippen LogP contribution is 2.33. The molecule has 3 atom stereocenters. The summed E-state index contributed by atoms with van der Waals surface area (Å²) in [5.41, 5.74) is 5.86. The van der Waals surface area contributed by atoms with Crippen LogP contribution in [-0.4, -0.2) is 18.5 Å². The molecule has 1 aliphatic heterocycles. The van der Waals surface area contributed by atoms with Gasteiger partial charge in [0.05, 0.1) is 0 Å². The van der Waals surface area contributed by atoms with Crippen LogP contribution in [0.3, 0.4) is 0 Å². The first-order chi connectivity index (χ1) is 5.75. The Morgan fingerprint density at radius 1 is 1.33 bits per heavy atom. The Morgan fingerprint density at radius 3 is 3.00 bits per heavy atom. The molecule has 68 valence electrons. The number of hydrogen-bond acceptors (Lipinski definition) is 2. The number of nitrogens with two attached hydrogens (primary N) is 1. The number of nitrogens with one attached hydrogen (secondary N) is 1. The van der Waals surface area contributed by atoms with Gasteiger partial charge in [-0.25, -0.2) is 0 Å². The molecule has 0 radical (unpaired) electrons. The SMILES string of the molecule is NC1CCC2CNC(=O)CC2C1. The minimum absolute atomic E-state index is 0.213. The average Bonchev–Trinajstić information content (AvgIpc) is 2.03. The Hall–Kier alpha value is -0.570. The minimum Gasteiger partial charge on any atom is -0.356 e. The van der Waals surface area contributed by atoms with Gasteiger partial charge in [0, 0.05) is 19.0 Å². The summed E-state index contributed by atoms with van der Waals surface area (Å²) in [6.45, 7) is 0.885. The van der Waals surface area contributed by atoms with Gasteiger partial charge in [-0.05, 0) is 31.1 Å². The number of hydrogen-bond donors (Lipinski definition) is 2. The van der Waals surface area contributed by atoms with E-state index in [1.165, 1.54) is 6.42 Å². The third-order valence-electron chi connectivity index (χ3n) is 3.19. The molecule has 1 heterocycles. The second kappa shape index (κ2) is 3.05. The molecule has 0 aromatic carbocycles. The number of piperidine rings is 1. The van der Waals surface area contributed by atoms with E-state index in [1.54, 1.807) is 0 Å². The Bertz CT molecular complexity index is 193. The summed E-state index contributed by atoms with van der Waals surface area (Å²) in [7, 11) is 0. The molecule has 3 unspecified atom stereocenters. The Morgan fingerprint density at radius 2 is 2.17 bits per heavy atom. The van der Waals surface area contributed by atoms with Gasteiger partial charge in [0.2, 0.25) is 5.91 Å². The summed E-state index contributed by atoms with van der Waals surface area (Å²) in [6.07, 6.45) is 4.10. The second-order valence-electron chi connectivity index (χ2n) is 4.10. The van der Waals surface area contributed by atoms with E-state index in [1.807, 2.05) is 0 Å². The highest BCUT2D eigenvalue weighted by molar-refractivity contribution is 5.77. The van der Waals surface area contributed by atoms with Crippen molar-refractivity contribution >= 4 is 5.91 Å². The lowest BCUT2D eigenvalue weighted by Crippen LogP contribution is -2.45. The first-order valence-electron chi connectivity index (χ1n) is 4.78.